The molecule has 3 nitrogen and oxygen atoms in total. The number of nitrogens with two attached hydrogens (primary N) is 1. The van der Waals surface area contributed by atoms with E-state index in [2.05, 4.69) is 24.3 Å². The highest BCUT2D eigenvalue weighted by Gasteiger charge is 2.20. The molecule has 0 aliphatic carbocycles. The lowest BCUT2D eigenvalue weighted by Gasteiger charge is -2.22. The molecule has 2 unspecified atom stereocenters. The van der Waals surface area contributed by atoms with Gasteiger partial charge in [0.1, 0.15) is 0 Å². The van der Waals surface area contributed by atoms with Crippen LogP contribution in [0.3, 0.4) is 0 Å². The van der Waals surface area contributed by atoms with E-state index < -0.39 is 0 Å². The van der Waals surface area contributed by atoms with Crippen molar-refractivity contribution in [3.8, 4) is 0 Å². The summed E-state index contributed by atoms with van der Waals surface area (Å²) in [6.45, 7) is 6.46. The van der Waals surface area contributed by atoms with Crippen molar-refractivity contribution in [1.82, 2.24) is 10.4 Å². The molecule has 0 spiro atoms. The van der Waals surface area contributed by atoms with Gasteiger partial charge in [-0.15, -0.1) is 11.3 Å². The number of aryl methyl sites for hydroxylation is 1. The van der Waals surface area contributed by atoms with Crippen LogP contribution in [0.2, 0.25) is 0 Å². The predicted octanol–water partition coefficient (Wildman–Crippen LogP) is 2.39. The SMILES string of the molecule is CCCC(C)C(NN)c1scnc1C. The molecule has 0 saturated heterocycles. The predicted molar refractivity (Wildman–Crippen MR) is 61.0 cm³/mol. The van der Waals surface area contributed by atoms with E-state index in [9.17, 15) is 0 Å². The summed E-state index contributed by atoms with van der Waals surface area (Å²) in [7, 11) is 0. The highest BCUT2D eigenvalue weighted by atomic mass is 32.1. The minimum Gasteiger partial charge on any atom is -0.271 e. The van der Waals surface area contributed by atoms with Crippen LogP contribution in [0.15, 0.2) is 5.51 Å². The molecule has 0 saturated carbocycles. The average Bonchev–Trinajstić information content (AvgIpc) is 2.54. The molecule has 80 valence electrons. The van der Waals surface area contributed by atoms with Gasteiger partial charge < -0.3 is 0 Å². The molecule has 0 radical (unpaired) electrons. The molecule has 1 rings (SSSR count). The normalized spacial score (nSPS) is 15.4. The quantitative estimate of drug-likeness (QED) is 0.583. The highest BCUT2D eigenvalue weighted by Crippen LogP contribution is 2.29. The van der Waals surface area contributed by atoms with Crippen LogP contribution in [0.25, 0.3) is 0 Å². The first-order valence-electron chi connectivity index (χ1n) is 5.06. The number of rotatable bonds is 5. The second-order valence-corrected chi connectivity index (χ2v) is 4.60. The van der Waals surface area contributed by atoms with Gasteiger partial charge in [-0.05, 0) is 19.3 Å². The van der Waals surface area contributed by atoms with Gasteiger partial charge >= 0.3 is 0 Å². The molecule has 0 bridgehead atoms. The van der Waals surface area contributed by atoms with E-state index in [1.807, 2.05) is 12.4 Å². The third-order valence-corrected chi connectivity index (χ3v) is 3.57. The summed E-state index contributed by atoms with van der Waals surface area (Å²) < 4.78 is 0. The number of nitrogens with one attached hydrogen (secondary N) is 1. The molecule has 4 heteroatoms. The third-order valence-electron chi connectivity index (χ3n) is 2.56. The van der Waals surface area contributed by atoms with Crippen molar-refractivity contribution in [2.75, 3.05) is 0 Å². The van der Waals surface area contributed by atoms with Crippen LogP contribution >= 0.6 is 11.3 Å². The zero-order chi connectivity index (χ0) is 10.6. The summed E-state index contributed by atoms with van der Waals surface area (Å²) >= 11 is 1.68. The van der Waals surface area contributed by atoms with E-state index in [-0.39, 0.29) is 6.04 Å². The largest absolute Gasteiger partial charge is 0.271 e. The number of hydrogen-bond acceptors (Lipinski definition) is 4. The van der Waals surface area contributed by atoms with Crippen LogP contribution in [0.5, 0.6) is 0 Å². The van der Waals surface area contributed by atoms with Crippen LogP contribution in [0, 0.1) is 12.8 Å². The van der Waals surface area contributed by atoms with Crippen molar-refractivity contribution in [2.24, 2.45) is 11.8 Å². The Hall–Kier alpha value is -0.450. The summed E-state index contributed by atoms with van der Waals surface area (Å²) in [4.78, 5) is 5.52. The molecule has 3 N–H and O–H groups in total. The summed E-state index contributed by atoms with van der Waals surface area (Å²) in [5, 5.41) is 0. The maximum Gasteiger partial charge on any atom is 0.0798 e. The average molecular weight is 213 g/mol. The molecule has 14 heavy (non-hydrogen) atoms. The number of hydrogen-bond donors (Lipinski definition) is 2. The molecule has 0 aromatic carbocycles. The Bertz CT molecular complexity index is 272. The van der Waals surface area contributed by atoms with Crippen molar-refractivity contribution in [3.63, 3.8) is 0 Å². The maximum atomic E-state index is 5.59. The van der Waals surface area contributed by atoms with Gasteiger partial charge in [0.15, 0.2) is 0 Å². The fraction of sp³-hybridized carbons (Fsp3) is 0.700. The van der Waals surface area contributed by atoms with Crippen molar-refractivity contribution in [1.29, 1.82) is 0 Å². The lowest BCUT2D eigenvalue weighted by atomic mass is 9.95. The fourth-order valence-corrected chi connectivity index (χ4v) is 2.72. The number of thiazole rings is 1. The van der Waals surface area contributed by atoms with Crippen LogP contribution in [0.1, 0.15) is 43.3 Å². The summed E-state index contributed by atoms with van der Waals surface area (Å²) in [6.07, 6.45) is 2.38. The van der Waals surface area contributed by atoms with Crippen molar-refractivity contribution in [3.05, 3.63) is 16.1 Å². The zero-order valence-corrected chi connectivity index (χ0v) is 9.90. The van der Waals surface area contributed by atoms with Gasteiger partial charge in [-0.3, -0.25) is 11.3 Å². The van der Waals surface area contributed by atoms with Crippen molar-refractivity contribution >= 4 is 11.3 Å². The van der Waals surface area contributed by atoms with Gasteiger partial charge in [-0.2, -0.15) is 0 Å². The minimum atomic E-state index is 0.252. The van der Waals surface area contributed by atoms with Gasteiger partial charge in [0.25, 0.3) is 0 Å². The topological polar surface area (TPSA) is 50.9 Å². The van der Waals surface area contributed by atoms with E-state index in [1.54, 1.807) is 11.3 Å². The van der Waals surface area contributed by atoms with Gasteiger partial charge in [0.05, 0.1) is 17.2 Å². The van der Waals surface area contributed by atoms with Crippen LogP contribution in [0.4, 0.5) is 0 Å². The molecular formula is C10H19N3S. The lowest BCUT2D eigenvalue weighted by Crippen LogP contribution is -2.32. The summed E-state index contributed by atoms with van der Waals surface area (Å²) in [6, 6.07) is 0.252. The standard InChI is InChI=1S/C10H19N3S/c1-4-5-7(2)9(13-11)10-8(3)12-6-14-10/h6-7,9,13H,4-5,11H2,1-3H3. The smallest absolute Gasteiger partial charge is 0.0798 e. The first-order chi connectivity index (χ1) is 6.70. The zero-order valence-electron chi connectivity index (χ0n) is 9.08. The molecule has 1 aromatic rings. The second-order valence-electron chi connectivity index (χ2n) is 3.71. The van der Waals surface area contributed by atoms with E-state index in [4.69, 9.17) is 5.84 Å². The Morgan fingerprint density at radius 2 is 2.36 bits per heavy atom. The van der Waals surface area contributed by atoms with E-state index in [0.29, 0.717) is 5.92 Å². The Morgan fingerprint density at radius 3 is 2.79 bits per heavy atom. The fourth-order valence-electron chi connectivity index (χ4n) is 1.73. The molecule has 1 heterocycles. The van der Waals surface area contributed by atoms with Crippen molar-refractivity contribution < 1.29 is 0 Å². The molecule has 0 aliphatic heterocycles. The monoisotopic (exact) mass is 213 g/mol. The van der Waals surface area contributed by atoms with Gasteiger partial charge in [-0.1, -0.05) is 20.3 Å². The highest BCUT2D eigenvalue weighted by molar-refractivity contribution is 7.09. The third kappa shape index (κ3) is 2.53. The molecule has 2 atom stereocenters. The second kappa shape index (κ2) is 5.44. The molecule has 0 amide bonds. The first kappa shape index (κ1) is 11.6. The summed E-state index contributed by atoms with van der Waals surface area (Å²) in [5.41, 5.74) is 5.88. The van der Waals surface area contributed by atoms with Crippen molar-refractivity contribution in [2.45, 2.75) is 39.7 Å². The van der Waals surface area contributed by atoms with E-state index >= 15 is 0 Å². The van der Waals surface area contributed by atoms with Gasteiger partial charge in [0.2, 0.25) is 0 Å². The minimum absolute atomic E-state index is 0.252. The lowest BCUT2D eigenvalue weighted by molar-refractivity contribution is 0.371. The molecule has 1 aromatic heterocycles. The number of hydrazine groups is 1. The Balaban J connectivity index is 2.76. The molecule has 0 aliphatic rings. The van der Waals surface area contributed by atoms with Gasteiger partial charge in [-0.25, -0.2) is 4.98 Å². The van der Waals surface area contributed by atoms with E-state index in [1.165, 1.54) is 17.7 Å². The van der Waals surface area contributed by atoms with Crippen LogP contribution < -0.4 is 11.3 Å². The maximum absolute atomic E-state index is 5.59. The van der Waals surface area contributed by atoms with Crippen LogP contribution in [-0.4, -0.2) is 4.98 Å². The summed E-state index contributed by atoms with van der Waals surface area (Å²) in [5.74, 6) is 6.15. The van der Waals surface area contributed by atoms with Gasteiger partial charge in [0, 0.05) is 4.88 Å². The van der Waals surface area contributed by atoms with Crippen LogP contribution in [-0.2, 0) is 0 Å². The number of aromatic nitrogens is 1. The Morgan fingerprint density at radius 1 is 1.64 bits per heavy atom. The Kier molecular flexibility index (Phi) is 4.51. The first-order valence-corrected chi connectivity index (χ1v) is 5.94. The molecule has 0 fully saturated rings. The molecular weight excluding hydrogens is 194 g/mol. The van der Waals surface area contributed by atoms with E-state index in [0.717, 1.165) is 5.69 Å². The number of nitrogens with zero attached hydrogens (tertiary/aromatic N) is 1. The Labute approximate surface area is 89.7 Å².